The van der Waals surface area contributed by atoms with Gasteiger partial charge in [0.1, 0.15) is 6.10 Å². The van der Waals surface area contributed by atoms with E-state index < -0.39 is 15.9 Å². The Bertz CT molecular complexity index is 1070. The molecule has 8 heteroatoms. The van der Waals surface area contributed by atoms with E-state index in [1.54, 1.807) is 23.5 Å². The number of nitrogens with zero attached hydrogens (tertiary/aromatic N) is 1. The summed E-state index contributed by atoms with van der Waals surface area (Å²) in [4.78, 5) is 5.74. The lowest BCUT2D eigenvalue weighted by atomic mass is 10.1. The van der Waals surface area contributed by atoms with Crippen molar-refractivity contribution in [3.63, 3.8) is 0 Å². The lowest BCUT2D eigenvalue weighted by Crippen LogP contribution is -2.38. The number of benzene rings is 2. The van der Waals surface area contributed by atoms with Crippen molar-refractivity contribution >= 4 is 37.2 Å². The predicted octanol–water partition coefficient (Wildman–Crippen LogP) is 3.14. The van der Waals surface area contributed by atoms with Crippen molar-refractivity contribution in [1.29, 1.82) is 0 Å². The quantitative estimate of drug-likeness (QED) is 0.366. The van der Waals surface area contributed by atoms with Gasteiger partial charge in [0.25, 0.3) is 0 Å². The number of fused-ring (bicyclic) bond motifs is 1. The molecule has 6 nitrogen and oxygen atoms in total. The molecule has 0 aliphatic carbocycles. The van der Waals surface area contributed by atoms with Gasteiger partial charge >= 0.3 is 0 Å². The molecule has 3 aromatic rings. The summed E-state index contributed by atoms with van der Waals surface area (Å²) in [6, 6.07) is 17.0. The lowest BCUT2D eigenvalue weighted by molar-refractivity contribution is 0.191. The molecule has 2 aromatic carbocycles. The Morgan fingerprint density at radius 3 is 2.53 bits per heavy atom. The third-order valence-electron chi connectivity index (χ3n) is 4.60. The minimum atomic E-state index is -3.18. The van der Waals surface area contributed by atoms with Gasteiger partial charge in [-0.25, -0.2) is 8.42 Å². The smallest absolute Gasteiger partial charge is 0.191 e. The molecule has 30 heavy (non-hydrogen) atoms. The number of guanidine groups is 1. The van der Waals surface area contributed by atoms with Crippen LogP contribution in [0, 0.1) is 0 Å². The Morgan fingerprint density at radius 1 is 1.13 bits per heavy atom. The summed E-state index contributed by atoms with van der Waals surface area (Å²) >= 11 is 1.59. The van der Waals surface area contributed by atoms with E-state index in [4.69, 9.17) is 0 Å². The van der Waals surface area contributed by atoms with Gasteiger partial charge in [0, 0.05) is 28.9 Å². The highest BCUT2D eigenvalue weighted by Crippen LogP contribution is 2.29. The van der Waals surface area contributed by atoms with E-state index in [1.807, 2.05) is 49.4 Å². The van der Waals surface area contributed by atoms with Crippen LogP contribution in [0.15, 0.2) is 64.5 Å². The van der Waals surface area contributed by atoms with Crippen molar-refractivity contribution in [2.75, 3.05) is 25.9 Å². The van der Waals surface area contributed by atoms with Crippen molar-refractivity contribution in [2.45, 2.75) is 24.3 Å². The molecular formula is C22H27N3O3S2. The Labute approximate surface area is 181 Å². The van der Waals surface area contributed by atoms with Crippen LogP contribution in [0.1, 0.15) is 23.5 Å². The van der Waals surface area contributed by atoms with Gasteiger partial charge in [-0.1, -0.05) is 30.3 Å². The maximum absolute atomic E-state index is 11.5. The van der Waals surface area contributed by atoms with Gasteiger partial charge in [0.15, 0.2) is 15.8 Å². The summed E-state index contributed by atoms with van der Waals surface area (Å²) in [5, 5.41) is 18.1. The van der Waals surface area contributed by atoms with Gasteiger partial charge < -0.3 is 15.7 Å². The zero-order valence-corrected chi connectivity index (χ0v) is 18.8. The highest BCUT2D eigenvalue weighted by atomic mass is 32.2. The molecule has 1 aromatic heterocycles. The first-order valence-corrected chi connectivity index (χ1v) is 12.6. The molecular weight excluding hydrogens is 418 g/mol. The molecule has 1 heterocycles. The number of hydrogen-bond acceptors (Lipinski definition) is 5. The van der Waals surface area contributed by atoms with E-state index in [9.17, 15) is 13.5 Å². The van der Waals surface area contributed by atoms with Gasteiger partial charge in [-0.3, -0.25) is 4.99 Å². The number of aliphatic imine (C=N–C) groups is 1. The van der Waals surface area contributed by atoms with Crippen molar-refractivity contribution in [3.05, 3.63) is 65.0 Å². The largest absolute Gasteiger partial charge is 0.386 e. The molecule has 0 fully saturated rings. The minimum absolute atomic E-state index is 0.269. The number of sulfone groups is 1. The fourth-order valence-electron chi connectivity index (χ4n) is 3.00. The van der Waals surface area contributed by atoms with E-state index in [0.717, 1.165) is 26.9 Å². The molecule has 0 amide bonds. The summed E-state index contributed by atoms with van der Waals surface area (Å²) in [6.07, 6.45) is 1.28. The lowest BCUT2D eigenvalue weighted by Gasteiger charge is -2.13. The molecule has 0 aliphatic heterocycles. The third kappa shape index (κ3) is 6.04. The Morgan fingerprint density at radius 2 is 1.87 bits per heavy atom. The van der Waals surface area contributed by atoms with Gasteiger partial charge in [-0.05, 0) is 48.6 Å². The van der Waals surface area contributed by atoms with E-state index in [1.165, 1.54) is 6.26 Å². The maximum Gasteiger partial charge on any atom is 0.191 e. The third-order valence-corrected chi connectivity index (χ3v) is 6.94. The molecule has 3 N–H and O–H groups in total. The first kappa shape index (κ1) is 22.3. The van der Waals surface area contributed by atoms with E-state index >= 15 is 0 Å². The fourth-order valence-corrected chi connectivity index (χ4v) is 4.68. The predicted molar refractivity (Wildman–Crippen MR) is 124 cm³/mol. The number of nitrogens with one attached hydrogen (secondary N) is 2. The average molecular weight is 446 g/mol. The SMILES string of the molecule is CCNC(=NCC(O)c1cc2ccccc2s1)NCCc1ccc(S(C)(=O)=O)cc1. The van der Waals surface area contributed by atoms with Crippen LogP contribution in [0.4, 0.5) is 0 Å². The molecule has 0 saturated heterocycles. The van der Waals surface area contributed by atoms with Crippen molar-refractivity contribution in [1.82, 2.24) is 10.6 Å². The summed E-state index contributed by atoms with van der Waals surface area (Å²) < 4.78 is 24.2. The van der Waals surface area contributed by atoms with Gasteiger partial charge in [-0.2, -0.15) is 0 Å². The Balaban J connectivity index is 1.56. The van der Waals surface area contributed by atoms with Crippen LogP contribution in [0.2, 0.25) is 0 Å². The number of thiophene rings is 1. The molecule has 0 aliphatic rings. The second-order valence-electron chi connectivity index (χ2n) is 7.01. The summed E-state index contributed by atoms with van der Waals surface area (Å²) in [5.74, 6) is 0.644. The number of rotatable bonds is 8. The fraction of sp³-hybridized carbons (Fsp3) is 0.318. The second kappa shape index (κ2) is 10.1. The van der Waals surface area contributed by atoms with Gasteiger partial charge in [0.05, 0.1) is 11.4 Å². The summed E-state index contributed by atoms with van der Waals surface area (Å²) in [7, 11) is -3.18. The van der Waals surface area contributed by atoms with E-state index in [-0.39, 0.29) is 6.54 Å². The summed E-state index contributed by atoms with van der Waals surface area (Å²) in [5.41, 5.74) is 1.04. The molecule has 0 radical (unpaired) electrons. The molecule has 0 bridgehead atoms. The molecule has 0 spiro atoms. The average Bonchev–Trinajstić information content (AvgIpc) is 3.16. The molecule has 1 unspecified atom stereocenters. The standard InChI is InChI=1S/C22H27N3O3S2/c1-3-23-22(24-13-12-16-8-10-18(11-9-16)30(2,27)28)25-15-19(26)21-14-17-6-4-5-7-20(17)29-21/h4-11,14,19,26H,3,12-13,15H2,1-2H3,(H2,23,24,25). The van der Waals surface area contributed by atoms with Crippen LogP contribution < -0.4 is 10.6 Å². The zero-order valence-electron chi connectivity index (χ0n) is 17.1. The summed E-state index contributed by atoms with van der Waals surface area (Å²) in [6.45, 7) is 3.62. The normalized spacial score (nSPS) is 13.4. The maximum atomic E-state index is 11.5. The van der Waals surface area contributed by atoms with Crippen molar-refractivity contribution in [2.24, 2.45) is 4.99 Å². The molecule has 1 atom stereocenters. The molecule has 160 valence electrons. The Kier molecular flexibility index (Phi) is 7.47. The van der Waals surface area contributed by atoms with Gasteiger partial charge in [-0.15, -0.1) is 11.3 Å². The molecule has 0 saturated carbocycles. The zero-order chi connectivity index (χ0) is 21.6. The first-order valence-electron chi connectivity index (χ1n) is 9.84. The minimum Gasteiger partial charge on any atom is -0.386 e. The highest BCUT2D eigenvalue weighted by Gasteiger charge is 2.11. The van der Waals surface area contributed by atoms with Crippen LogP contribution in [0.5, 0.6) is 0 Å². The monoisotopic (exact) mass is 445 g/mol. The van der Waals surface area contributed by atoms with E-state index in [2.05, 4.69) is 15.6 Å². The second-order valence-corrected chi connectivity index (χ2v) is 10.1. The van der Waals surface area contributed by atoms with Crippen LogP contribution in [-0.2, 0) is 16.3 Å². The van der Waals surface area contributed by atoms with Crippen LogP contribution in [0.3, 0.4) is 0 Å². The van der Waals surface area contributed by atoms with Crippen LogP contribution >= 0.6 is 11.3 Å². The number of aliphatic hydroxyl groups is 1. The molecule has 3 rings (SSSR count). The van der Waals surface area contributed by atoms with Crippen molar-refractivity contribution < 1.29 is 13.5 Å². The van der Waals surface area contributed by atoms with Crippen LogP contribution in [0.25, 0.3) is 10.1 Å². The van der Waals surface area contributed by atoms with Gasteiger partial charge in [0.2, 0.25) is 0 Å². The number of aliphatic hydroxyl groups excluding tert-OH is 1. The Hall–Kier alpha value is -2.42. The van der Waals surface area contributed by atoms with E-state index in [0.29, 0.717) is 23.9 Å². The first-order chi connectivity index (χ1) is 14.4. The number of hydrogen-bond donors (Lipinski definition) is 3. The van der Waals surface area contributed by atoms with Crippen molar-refractivity contribution in [3.8, 4) is 0 Å². The highest BCUT2D eigenvalue weighted by molar-refractivity contribution is 7.90. The van der Waals surface area contributed by atoms with Crippen LogP contribution in [-0.4, -0.2) is 45.4 Å². The topological polar surface area (TPSA) is 90.8 Å².